The molecule has 1 aromatic heterocycles. The second kappa shape index (κ2) is 6.26. The second-order valence-corrected chi connectivity index (χ2v) is 6.03. The Morgan fingerprint density at radius 3 is 2.95 bits per heavy atom. The molecule has 0 aliphatic carbocycles. The quantitative estimate of drug-likeness (QED) is 0.772. The largest absolute Gasteiger partial charge is 0.395 e. The molecular weight excluding hydrogens is 254 g/mol. The first kappa shape index (κ1) is 14.8. The zero-order chi connectivity index (χ0) is 14.7. The van der Waals surface area contributed by atoms with E-state index in [1.807, 2.05) is 13.8 Å². The highest BCUT2D eigenvalue weighted by Crippen LogP contribution is 2.22. The Balaban J connectivity index is 1.92. The highest BCUT2D eigenvalue weighted by atomic mass is 16.1. The van der Waals surface area contributed by atoms with Gasteiger partial charge in [-0.05, 0) is 38.3 Å². The van der Waals surface area contributed by atoms with E-state index in [1.54, 1.807) is 0 Å². The number of likely N-dealkylation sites (tertiary alicyclic amines) is 1. The Labute approximate surface area is 120 Å². The van der Waals surface area contributed by atoms with Crippen molar-refractivity contribution in [2.24, 2.45) is 5.92 Å². The molecule has 1 aliphatic rings. The van der Waals surface area contributed by atoms with E-state index in [0.717, 1.165) is 25.2 Å². The third-order valence-electron chi connectivity index (χ3n) is 3.90. The number of anilines is 1. The van der Waals surface area contributed by atoms with E-state index in [4.69, 9.17) is 5.73 Å². The maximum Gasteiger partial charge on any atom is 0.273 e. The molecular formula is C14H25N5O. The number of H-pyrrole nitrogens is 1. The number of aromatic nitrogens is 2. The van der Waals surface area contributed by atoms with E-state index in [0.29, 0.717) is 23.8 Å². The summed E-state index contributed by atoms with van der Waals surface area (Å²) < 4.78 is 0. The van der Waals surface area contributed by atoms with Gasteiger partial charge in [0.15, 0.2) is 5.69 Å². The van der Waals surface area contributed by atoms with Gasteiger partial charge in [0, 0.05) is 13.1 Å². The Morgan fingerprint density at radius 1 is 1.60 bits per heavy atom. The number of amides is 1. The molecule has 1 fully saturated rings. The molecule has 1 unspecified atom stereocenters. The molecule has 1 aliphatic heterocycles. The maximum absolute atomic E-state index is 12.1. The number of hydrogen-bond donors (Lipinski definition) is 3. The molecule has 112 valence electrons. The lowest BCUT2D eigenvalue weighted by atomic mass is 9.98. The fourth-order valence-corrected chi connectivity index (χ4v) is 2.74. The number of carbonyl (C=O) groups is 1. The monoisotopic (exact) mass is 279 g/mol. The SMILES string of the molecule is CC(C)c1[nH]nc(C(=O)NCC2CCCN(C)C2)c1N. The van der Waals surface area contributed by atoms with E-state index in [-0.39, 0.29) is 11.8 Å². The van der Waals surface area contributed by atoms with Crippen molar-refractivity contribution >= 4 is 11.6 Å². The third kappa shape index (κ3) is 3.30. The number of nitrogens with one attached hydrogen (secondary N) is 2. The third-order valence-corrected chi connectivity index (χ3v) is 3.90. The van der Waals surface area contributed by atoms with Crippen LogP contribution in [0.1, 0.15) is 48.8 Å². The van der Waals surface area contributed by atoms with E-state index in [9.17, 15) is 4.79 Å². The Hall–Kier alpha value is -1.56. The van der Waals surface area contributed by atoms with Crippen molar-refractivity contribution in [2.45, 2.75) is 32.6 Å². The summed E-state index contributed by atoms with van der Waals surface area (Å²) in [4.78, 5) is 14.4. The highest BCUT2D eigenvalue weighted by Gasteiger charge is 2.21. The van der Waals surface area contributed by atoms with Crippen LogP contribution in [0.3, 0.4) is 0 Å². The number of aromatic amines is 1. The molecule has 6 heteroatoms. The van der Waals surface area contributed by atoms with E-state index >= 15 is 0 Å². The van der Waals surface area contributed by atoms with Crippen LogP contribution in [-0.4, -0.2) is 47.7 Å². The molecule has 1 saturated heterocycles. The van der Waals surface area contributed by atoms with Gasteiger partial charge >= 0.3 is 0 Å². The lowest BCUT2D eigenvalue weighted by Crippen LogP contribution is -2.39. The summed E-state index contributed by atoms with van der Waals surface area (Å²) in [6, 6.07) is 0. The fraction of sp³-hybridized carbons (Fsp3) is 0.714. The van der Waals surface area contributed by atoms with Crippen molar-refractivity contribution in [3.63, 3.8) is 0 Å². The van der Waals surface area contributed by atoms with Crippen molar-refractivity contribution in [3.05, 3.63) is 11.4 Å². The molecule has 2 rings (SSSR count). The van der Waals surface area contributed by atoms with Crippen LogP contribution in [0, 0.1) is 5.92 Å². The zero-order valence-electron chi connectivity index (χ0n) is 12.6. The van der Waals surface area contributed by atoms with E-state index in [2.05, 4.69) is 27.5 Å². The number of nitrogen functional groups attached to an aromatic ring is 1. The Kier molecular flexibility index (Phi) is 4.65. The van der Waals surface area contributed by atoms with Crippen LogP contribution < -0.4 is 11.1 Å². The van der Waals surface area contributed by atoms with Crippen molar-refractivity contribution in [1.29, 1.82) is 0 Å². The van der Waals surface area contributed by atoms with Crippen molar-refractivity contribution < 1.29 is 4.79 Å². The smallest absolute Gasteiger partial charge is 0.273 e. The van der Waals surface area contributed by atoms with Crippen LogP contribution in [0.5, 0.6) is 0 Å². The minimum absolute atomic E-state index is 0.182. The van der Waals surface area contributed by atoms with Gasteiger partial charge in [-0.2, -0.15) is 5.10 Å². The molecule has 2 heterocycles. The van der Waals surface area contributed by atoms with Gasteiger partial charge in [0.1, 0.15) is 0 Å². The van der Waals surface area contributed by atoms with Gasteiger partial charge in [0.2, 0.25) is 0 Å². The molecule has 4 N–H and O–H groups in total. The van der Waals surface area contributed by atoms with Gasteiger partial charge in [0.25, 0.3) is 5.91 Å². The number of nitrogens with zero attached hydrogens (tertiary/aromatic N) is 2. The molecule has 6 nitrogen and oxygen atoms in total. The molecule has 20 heavy (non-hydrogen) atoms. The normalized spacial score (nSPS) is 20.3. The lowest BCUT2D eigenvalue weighted by molar-refractivity contribution is 0.0932. The predicted octanol–water partition coefficient (Wildman–Crippen LogP) is 1.19. The minimum atomic E-state index is -0.182. The molecule has 0 radical (unpaired) electrons. The number of piperidine rings is 1. The summed E-state index contributed by atoms with van der Waals surface area (Å²) in [6.07, 6.45) is 2.36. The zero-order valence-corrected chi connectivity index (χ0v) is 12.6. The summed E-state index contributed by atoms with van der Waals surface area (Å²) in [5, 5.41) is 9.85. The molecule has 0 spiro atoms. The van der Waals surface area contributed by atoms with Crippen LogP contribution in [0.4, 0.5) is 5.69 Å². The summed E-state index contributed by atoms with van der Waals surface area (Å²) >= 11 is 0. The van der Waals surface area contributed by atoms with Gasteiger partial charge in [-0.25, -0.2) is 0 Å². The number of hydrogen-bond acceptors (Lipinski definition) is 4. The molecule has 0 saturated carbocycles. The summed E-state index contributed by atoms with van der Waals surface area (Å²) in [5.41, 5.74) is 7.59. The van der Waals surface area contributed by atoms with Gasteiger partial charge in [0.05, 0.1) is 11.4 Å². The van der Waals surface area contributed by atoms with Crippen molar-refractivity contribution in [2.75, 3.05) is 32.4 Å². The fourth-order valence-electron chi connectivity index (χ4n) is 2.74. The van der Waals surface area contributed by atoms with E-state index in [1.165, 1.54) is 6.42 Å². The van der Waals surface area contributed by atoms with Gasteiger partial charge < -0.3 is 16.0 Å². The first-order chi connectivity index (χ1) is 9.49. The topological polar surface area (TPSA) is 87.0 Å². The Morgan fingerprint density at radius 2 is 2.35 bits per heavy atom. The average Bonchev–Trinajstić information content (AvgIpc) is 2.78. The summed E-state index contributed by atoms with van der Waals surface area (Å²) in [6.45, 7) is 6.90. The highest BCUT2D eigenvalue weighted by molar-refractivity contribution is 5.97. The first-order valence-corrected chi connectivity index (χ1v) is 7.29. The van der Waals surface area contributed by atoms with E-state index < -0.39 is 0 Å². The summed E-state index contributed by atoms with van der Waals surface area (Å²) in [7, 11) is 2.12. The van der Waals surface area contributed by atoms with Crippen LogP contribution in [0.15, 0.2) is 0 Å². The Bertz CT molecular complexity index is 468. The molecule has 1 aromatic rings. The first-order valence-electron chi connectivity index (χ1n) is 7.29. The lowest BCUT2D eigenvalue weighted by Gasteiger charge is -2.29. The van der Waals surface area contributed by atoms with Gasteiger partial charge in [-0.1, -0.05) is 13.8 Å². The standard InChI is InChI=1S/C14H25N5O/c1-9(2)12-11(15)13(18-17-12)14(20)16-7-10-5-4-6-19(3)8-10/h9-10H,4-8,15H2,1-3H3,(H,16,20)(H,17,18). The summed E-state index contributed by atoms with van der Waals surface area (Å²) in [5.74, 6) is 0.567. The molecule has 1 atom stereocenters. The van der Waals surface area contributed by atoms with Crippen LogP contribution in [-0.2, 0) is 0 Å². The number of carbonyl (C=O) groups excluding carboxylic acids is 1. The maximum atomic E-state index is 12.1. The molecule has 1 amide bonds. The van der Waals surface area contributed by atoms with Crippen molar-refractivity contribution in [1.82, 2.24) is 20.4 Å². The van der Waals surface area contributed by atoms with Crippen LogP contribution in [0.25, 0.3) is 0 Å². The van der Waals surface area contributed by atoms with Gasteiger partial charge in [-0.3, -0.25) is 9.89 Å². The average molecular weight is 279 g/mol. The minimum Gasteiger partial charge on any atom is -0.395 e. The van der Waals surface area contributed by atoms with Gasteiger partial charge in [-0.15, -0.1) is 0 Å². The predicted molar refractivity (Wildman–Crippen MR) is 79.6 cm³/mol. The molecule has 0 aromatic carbocycles. The number of nitrogens with two attached hydrogens (primary N) is 1. The second-order valence-electron chi connectivity index (χ2n) is 6.03. The number of rotatable bonds is 4. The van der Waals surface area contributed by atoms with Crippen molar-refractivity contribution in [3.8, 4) is 0 Å². The molecule has 0 bridgehead atoms. The van der Waals surface area contributed by atoms with Crippen LogP contribution in [0.2, 0.25) is 0 Å². The van der Waals surface area contributed by atoms with Crippen LogP contribution >= 0.6 is 0 Å².